The Labute approximate surface area is 222 Å². The van der Waals surface area contributed by atoms with Gasteiger partial charge in [-0.15, -0.1) is 0 Å². The van der Waals surface area contributed by atoms with Crippen molar-refractivity contribution in [3.05, 3.63) is 44.0 Å². The van der Waals surface area contributed by atoms with Crippen LogP contribution in [0.5, 0.6) is 0 Å². The maximum absolute atomic E-state index is 4.07. The van der Waals surface area contributed by atoms with Crippen molar-refractivity contribution in [2.75, 3.05) is 0 Å². The SMILES string of the molecule is C[C-](C)C.C[C-](C)C.Cc1[c-]sc(C)n1.Cc1[c-]sc(C)n1.[V].[V].[W].[W]. The molecule has 0 aliphatic heterocycles. The smallest absolute Gasteiger partial charge is 0 e. The topological polar surface area (TPSA) is 25.8 Å². The number of aryl methyl sites for hydroxylation is 4. The number of hydrogen-bond donors (Lipinski definition) is 0. The van der Waals surface area contributed by atoms with Crippen molar-refractivity contribution in [2.24, 2.45) is 0 Å². The fourth-order valence-corrected chi connectivity index (χ4v) is 1.91. The largest absolute Gasteiger partial charge is 0.361 e. The van der Waals surface area contributed by atoms with Crippen LogP contribution in [-0.4, -0.2) is 9.97 Å². The third-order valence-corrected chi connectivity index (χ3v) is 2.91. The maximum Gasteiger partial charge on any atom is 0 e. The van der Waals surface area contributed by atoms with Gasteiger partial charge in [0.1, 0.15) is 0 Å². The van der Waals surface area contributed by atoms with E-state index in [0.29, 0.717) is 0 Å². The molecule has 150 valence electrons. The van der Waals surface area contributed by atoms with Crippen LogP contribution in [0.25, 0.3) is 0 Å². The molecular weight excluding hydrogens is 778 g/mol. The van der Waals surface area contributed by atoms with Gasteiger partial charge >= 0.3 is 0 Å². The standard InChI is InChI=1S/2C5H6NS.2C4H9.2V.2W/c2*1-4-3-7-5(2)6-4;2*1-4(2)3;;;;/h2*1-2H3;2*1-3H3;;;;/q4*-1;;;;. The van der Waals surface area contributed by atoms with E-state index in [2.05, 4.69) is 62.3 Å². The Morgan fingerprint density at radius 1 is 0.615 bits per heavy atom. The number of thiazole rings is 2. The zero-order valence-electron chi connectivity index (χ0n) is 17.4. The van der Waals surface area contributed by atoms with E-state index in [0.717, 1.165) is 21.4 Å². The van der Waals surface area contributed by atoms with E-state index >= 15 is 0 Å². The van der Waals surface area contributed by atoms with Gasteiger partial charge in [-0.05, 0) is 13.8 Å². The molecule has 0 unspecified atom stereocenters. The van der Waals surface area contributed by atoms with E-state index in [9.17, 15) is 0 Å². The summed E-state index contributed by atoms with van der Waals surface area (Å²) < 4.78 is 0. The molecule has 0 saturated heterocycles. The van der Waals surface area contributed by atoms with Crippen LogP contribution in [0.3, 0.4) is 0 Å². The Morgan fingerprint density at radius 2 is 0.808 bits per heavy atom. The van der Waals surface area contributed by atoms with Crippen molar-refractivity contribution in [1.29, 1.82) is 0 Å². The number of nitrogens with zero attached hydrogens (tertiary/aromatic N) is 2. The molecule has 26 heavy (non-hydrogen) atoms. The summed E-state index contributed by atoms with van der Waals surface area (Å²) in [6.07, 6.45) is 0. The van der Waals surface area contributed by atoms with Crippen molar-refractivity contribution in [2.45, 2.75) is 69.2 Å². The summed E-state index contributed by atoms with van der Waals surface area (Å²) in [5.41, 5.74) is 2.00. The zero-order chi connectivity index (χ0) is 17.7. The molecule has 8 heteroatoms. The van der Waals surface area contributed by atoms with E-state index < -0.39 is 0 Å². The normalized spacial score (nSPS) is 7.85. The van der Waals surface area contributed by atoms with Gasteiger partial charge in [0.05, 0.1) is 0 Å². The van der Waals surface area contributed by atoms with Crippen LogP contribution in [0.1, 0.15) is 62.9 Å². The number of hydrogen-bond acceptors (Lipinski definition) is 4. The zero-order valence-corrected chi connectivity index (χ0v) is 27.7. The predicted octanol–water partition coefficient (Wildman–Crippen LogP) is 6.35. The van der Waals surface area contributed by atoms with Gasteiger partial charge in [-0.2, -0.15) is 52.3 Å². The van der Waals surface area contributed by atoms with Gasteiger partial charge in [-0.1, -0.05) is 35.3 Å². The molecule has 0 saturated carbocycles. The minimum Gasteiger partial charge on any atom is -0.361 e. The quantitative estimate of drug-likeness (QED) is 0.291. The van der Waals surface area contributed by atoms with E-state index in [1.165, 1.54) is 11.8 Å². The number of aromatic nitrogens is 2. The molecule has 0 fully saturated rings. The summed E-state index contributed by atoms with van der Waals surface area (Å²) in [5.74, 6) is 2.83. The van der Waals surface area contributed by atoms with Gasteiger partial charge in [0.15, 0.2) is 0 Å². The van der Waals surface area contributed by atoms with E-state index in [1.807, 2.05) is 27.7 Å². The summed E-state index contributed by atoms with van der Waals surface area (Å²) in [7, 11) is 0. The molecule has 0 aliphatic rings. The van der Waals surface area contributed by atoms with Gasteiger partial charge in [0.2, 0.25) is 0 Å². The number of rotatable bonds is 0. The van der Waals surface area contributed by atoms with Crippen LogP contribution in [0.4, 0.5) is 0 Å². The summed E-state index contributed by atoms with van der Waals surface area (Å²) in [5, 5.41) is 8.19. The molecule has 0 spiro atoms. The second-order valence-electron chi connectivity index (χ2n) is 5.84. The van der Waals surface area contributed by atoms with Crippen LogP contribution in [-0.2, 0) is 79.2 Å². The average Bonchev–Trinajstić information content (AvgIpc) is 2.86. The third kappa shape index (κ3) is 40.5. The van der Waals surface area contributed by atoms with Gasteiger partial charge in [-0.3, -0.25) is 0 Å². The van der Waals surface area contributed by atoms with Crippen LogP contribution in [0.2, 0.25) is 0 Å². The summed E-state index contributed by atoms with van der Waals surface area (Å²) >= 11 is 3.14. The molecular formula is C18H30N2S2V2W2-4. The van der Waals surface area contributed by atoms with Gasteiger partial charge < -0.3 is 44.5 Å². The van der Waals surface area contributed by atoms with Crippen molar-refractivity contribution >= 4 is 22.7 Å². The van der Waals surface area contributed by atoms with Crippen molar-refractivity contribution in [1.82, 2.24) is 9.97 Å². The first-order chi connectivity index (χ1) is 10.0. The predicted molar refractivity (Wildman–Crippen MR) is 101 cm³/mol. The van der Waals surface area contributed by atoms with Crippen LogP contribution >= 0.6 is 22.7 Å². The molecule has 0 amide bonds. The van der Waals surface area contributed by atoms with Gasteiger partial charge in [0, 0.05) is 79.2 Å². The molecule has 0 aromatic carbocycles. The molecule has 2 radical (unpaired) electrons. The second-order valence-corrected chi connectivity index (χ2v) is 7.84. The first kappa shape index (κ1) is 42.0. The third-order valence-electron chi connectivity index (χ3n) is 1.34. The first-order valence-electron chi connectivity index (χ1n) is 7.21. The maximum atomic E-state index is 4.07. The molecule has 0 aliphatic carbocycles. The molecule has 0 bridgehead atoms. The van der Waals surface area contributed by atoms with Gasteiger partial charge in [0.25, 0.3) is 0 Å². The fourth-order valence-electron chi connectivity index (χ4n) is 0.859. The monoisotopic (exact) mass is 808 g/mol. The van der Waals surface area contributed by atoms with Gasteiger partial charge in [-0.25, -0.2) is 0 Å². The summed E-state index contributed by atoms with van der Waals surface area (Å²) in [6, 6.07) is 0. The molecule has 2 nitrogen and oxygen atoms in total. The summed E-state index contributed by atoms with van der Waals surface area (Å²) in [4.78, 5) is 8.15. The Kier molecular flexibility index (Phi) is 43.3. The Morgan fingerprint density at radius 3 is 0.846 bits per heavy atom. The van der Waals surface area contributed by atoms with Crippen molar-refractivity contribution < 1.29 is 79.2 Å². The van der Waals surface area contributed by atoms with E-state index in [1.54, 1.807) is 22.7 Å². The van der Waals surface area contributed by atoms with Crippen molar-refractivity contribution in [3.8, 4) is 0 Å². The Hall–Kier alpha value is 1.81. The first-order valence-corrected chi connectivity index (χ1v) is 8.84. The van der Waals surface area contributed by atoms with Crippen molar-refractivity contribution in [3.63, 3.8) is 0 Å². The van der Waals surface area contributed by atoms with Crippen LogP contribution < -0.4 is 0 Å². The average molecular weight is 808 g/mol. The van der Waals surface area contributed by atoms with Crippen LogP contribution in [0, 0.1) is 50.3 Å². The Bertz CT molecular complexity index is 408. The van der Waals surface area contributed by atoms with Crippen LogP contribution in [0.15, 0.2) is 0 Å². The fraction of sp³-hybridized carbons (Fsp3) is 0.556. The van der Waals surface area contributed by atoms with E-state index in [4.69, 9.17) is 0 Å². The molecule has 2 aromatic heterocycles. The molecule has 0 N–H and O–H groups in total. The molecule has 0 atom stereocenters. The molecule has 2 aromatic rings. The minimum atomic E-state index is 0. The molecule has 2 heterocycles. The van der Waals surface area contributed by atoms with E-state index in [-0.39, 0.29) is 79.2 Å². The molecule has 2 rings (SSSR count). The summed E-state index contributed by atoms with van der Waals surface area (Å²) in [6.45, 7) is 20.4. The minimum absolute atomic E-state index is 0. The second kappa shape index (κ2) is 26.8. The Balaban J connectivity index is -0.0000000505.